The van der Waals surface area contributed by atoms with Gasteiger partial charge in [-0.15, -0.1) is 0 Å². The molecule has 6 heteroatoms. The minimum Gasteiger partial charge on any atom is -0.392 e. The van der Waals surface area contributed by atoms with Crippen LogP contribution in [-0.2, 0) is 0 Å². The number of aliphatic hydroxyl groups excluding tert-OH is 1. The van der Waals surface area contributed by atoms with Crippen molar-refractivity contribution >= 4 is 0 Å². The van der Waals surface area contributed by atoms with E-state index in [9.17, 15) is 5.11 Å². The second-order valence-corrected chi connectivity index (χ2v) is 5.76. The molecule has 0 aliphatic carbocycles. The maximum atomic E-state index is 9.77. The molecule has 0 spiro atoms. The molecule has 0 fully saturated rings. The van der Waals surface area contributed by atoms with E-state index in [-0.39, 0.29) is 6.10 Å². The molecule has 2 atom stereocenters. The third kappa shape index (κ3) is 10.2. The van der Waals surface area contributed by atoms with E-state index in [2.05, 4.69) is 16.7 Å². The molecule has 128 valence electrons. The second-order valence-electron chi connectivity index (χ2n) is 5.76. The van der Waals surface area contributed by atoms with Gasteiger partial charge in [0, 0.05) is 51.9 Å². The van der Waals surface area contributed by atoms with Gasteiger partial charge in [-0.2, -0.15) is 0 Å². The summed E-state index contributed by atoms with van der Waals surface area (Å²) >= 11 is 0. The molecule has 0 saturated heterocycles. The van der Waals surface area contributed by atoms with Gasteiger partial charge in [0.15, 0.2) is 0 Å². The van der Waals surface area contributed by atoms with Crippen LogP contribution in [0.4, 0.5) is 0 Å². The van der Waals surface area contributed by atoms with Crippen LogP contribution in [0.1, 0.15) is 33.1 Å². The maximum Gasteiger partial charge on any atom is 0.0664 e. The molecule has 0 aliphatic rings. The van der Waals surface area contributed by atoms with Gasteiger partial charge in [0.05, 0.1) is 6.10 Å². The van der Waals surface area contributed by atoms with Gasteiger partial charge < -0.3 is 22.3 Å². The van der Waals surface area contributed by atoms with E-state index in [0.29, 0.717) is 25.7 Å². The molecule has 0 aromatic carbocycles. The third-order valence-corrected chi connectivity index (χ3v) is 3.94. The van der Waals surface area contributed by atoms with E-state index in [4.69, 9.17) is 17.2 Å². The standard InChI is InChI=1S/C15H37N5O/c1-3-15(21)13-19(10-6-16)9-4-5-14(2)20(11-7-17)12-8-18/h14-15,21H,3-13,16-18H2,1-2H3. The lowest BCUT2D eigenvalue weighted by Crippen LogP contribution is -2.41. The highest BCUT2D eigenvalue weighted by Crippen LogP contribution is 2.07. The maximum absolute atomic E-state index is 9.77. The Bertz CT molecular complexity index is 224. The van der Waals surface area contributed by atoms with Crippen molar-refractivity contribution in [1.82, 2.24) is 9.80 Å². The van der Waals surface area contributed by atoms with Gasteiger partial charge in [-0.3, -0.25) is 9.80 Å². The van der Waals surface area contributed by atoms with Crippen molar-refractivity contribution in [3.8, 4) is 0 Å². The number of nitrogens with two attached hydrogens (primary N) is 3. The summed E-state index contributed by atoms with van der Waals surface area (Å²) in [5.74, 6) is 0. The van der Waals surface area contributed by atoms with Gasteiger partial charge in [-0.1, -0.05) is 6.92 Å². The van der Waals surface area contributed by atoms with E-state index in [1.54, 1.807) is 0 Å². The van der Waals surface area contributed by atoms with Crippen molar-refractivity contribution in [3.05, 3.63) is 0 Å². The van der Waals surface area contributed by atoms with Crippen molar-refractivity contribution in [2.45, 2.75) is 45.3 Å². The minimum absolute atomic E-state index is 0.250. The summed E-state index contributed by atoms with van der Waals surface area (Å²) in [5.41, 5.74) is 16.9. The number of hydrogen-bond acceptors (Lipinski definition) is 6. The van der Waals surface area contributed by atoms with Crippen molar-refractivity contribution in [1.29, 1.82) is 0 Å². The Labute approximate surface area is 130 Å². The van der Waals surface area contributed by atoms with Gasteiger partial charge in [-0.05, 0) is 32.7 Å². The first-order valence-corrected chi connectivity index (χ1v) is 8.33. The minimum atomic E-state index is -0.250. The molecule has 0 radical (unpaired) electrons. The normalized spacial score (nSPS) is 14.9. The van der Waals surface area contributed by atoms with Crippen LogP contribution in [-0.4, -0.2) is 79.4 Å². The van der Waals surface area contributed by atoms with E-state index in [0.717, 1.165) is 52.0 Å². The zero-order valence-electron chi connectivity index (χ0n) is 14.0. The van der Waals surface area contributed by atoms with Crippen LogP contribution < -0.4 is 17.2 Å². The summed E-state index contributed by atoms with van der Waals surface area (Å²) < 4.78 is 0. The first-order valence-electron chi connectivity index (χ1n) is 8.33. The Morgan fingerprint density at radius 3 is 2.00 bits per heavy atom. The first kappa shape index (κ1) is 20.8. The Balaban J connectivity index is 4.09. The lowest BCUT2D eigenvalue weighted by Gasteiger charge is -2.29. The monoisotopic (exact) mass is 303 g/mol. The average molecular weight is 303 g/mol. The quantitative estimate of drug-likeness (QED) is 0.342. The molecular formula is C15H37N5O. The Hall–Kier alpha value is -0.240. The highest BCUT2D eigenvalue weighted by molar-refractivity contribution is 4.70. The highest BCUT2D eigenvalue weighted by Gasteiger charge is 2.14. The topological polar surface area (TPSA) is 105 Å². The molecule has 21 heavy (non-hydrogen) atoms. The van der Waals surface area contributed by atoms with E-state index in [1.165, 1.54) is 0 Å². The van der Waals surface area contributed by atoms with Gasteiger partial charge in [0.1, 0.15) is 0 Å². The fraction of sp³-hybridized carbons (Fsp3) is 1.00. The summed E-state index contributed by atoms with van der Waals surface area (Å²) in [4.78, 5) is 4.62. The molecule has 0 rings (SSSR count). The molecule has 0 amide bonds. The zero-order valence-corrected chi connectivity index (χ0v) is 14.0. The second kappa shape index (κ2) is 13.4. The fourth-order valence-corrected chi connectivity index (χ4v) is 2.58. The summed E-state index contributed by atoms with van der Waals surface area (Å²) in [7, 11) is 0. The molecular weight excluding hydrogens is 266 g/mol. The summed E-state index contributed by atoms with van der Waals surface area (Å²) in [6, 6.07) is 0.493. The predicted octanol–water partition coefficient (Wildman–Crippen LogP) is -0.594. The van der Waals surface area contributed by atoms with Crippen LogP contribution in [0, 0.1) is 0 Å². The molecule has 0 aromatic rings. The Morgan fingerprint density at radius 1 is 0.952 bits per heavy atom. The molecule has 2 unspecified atom stereocenters. The molecule has 0 heterocycles. The van der Waals surface area contributed by atoms with Crippen molar-refractivity contribution < 1.29 is 5.11 Å². The summed E-state index contributed by atoms with van der Waals surface area (Å²) in [6.45, 7) is 10.6. The summed E-state index contributed by atoms with van der Waals surface area (Å²) in [6.07, 6.45) is 2.75. The number of hydrogen-bond donors (Lipinski definition) is 4. The van der Waals surface area contributed by atoms with Crippen molar-refractivity contribution in [2.24, 2.45) is 17.2 Å². The molecule has 0 aliphatic heterocycles. The number of nitrogens with zero attached hydrogens (tertiary/aromatic N) is 2. The summed E-state index contributed by atoms with van der Waals surface area (Å²) in [5, 5.41) is 9.77. The lowest BCUT2D eigenvalue weighted by molar-refractivity contribution is 0.107. The Morgan fingerprint density at radius 2 is 1.52 bits per heavy atom. The molecule has 0 aromatic heterocycles. The SMILES string of the molecule is CCC(O)CN(CCN)CCCC(C)N(CCN)CCN. The molecule has 6 nitrogen and oxygen atoms in total. The number of rotatable bonds is 14. The highest BCUT2D eigenvalue weighted by atomic mass is 16.3. The van der Waals surface area contributed by atoms with E-state index >= 15 is 0 Å². The smallest absolute Gasteiger partial charge is 0.0664 e. The Kier molecular flexibility index (Phi) is 13.3. The van der Waals surface area contributed by atoms with Crippen LogP contribution in [0.2, 0.25) is 0 Å². The van der Waals surface area contributed by atoms with Crippen molar-refractivity contribution in [3.63, 3.8) is 0 Å². The van der Waals surface area contributed by atoms with Gasteiger partial charge in [0.2, 0.25) is 0 Å². The van der Waals surface area contributed by atoms with Crippen LogP contribution in [0.5, 0.6) is 0 Å². The average Bonchev–Trinajstić information content (AvgIpc) is 2.46. The largest absolute Gasteiger partial charge is 0.392 e. The van der Waals surface area contributed by atoms with Gasteiger partial charge in [0.25, 0.3) is 0 Å². The fourth-order valence-electron chi connectivity index (χ4n) is 2.58. The van der Waals surface area contributed by atoms with E-state index in [1.807, 2.05) is 6.92 Å². The van der Waals surface area contributed by atoms with E-state index < -0.39 is 0 Å². The van der Waals surface area contributed by atoms with Crippen LogP contribution in [0.25, 0.3) is 0 Å². The van der Waals surface area contributed by atoms with Crippen molar-refractivity contribution in [2.75, 3.05) is 52.4 Å². The van der Waals surface area contributed by atoms with Gasteiger partial charge in [-0.25, -0.2) is 0 Å². The third-order valence-electron chi connectivity index (χ3n) is 3.94. The molecule has 7 N–H and O–H groups in total. The van der Waals surface area contributed by atoms with Crippen LogP contribution in [0.3, 0.4) is 0 Å². The lowest BCUT2D eigenvalue weighted by atomic mass is 10.1. The van der Waals surface area contributed by atoms with Crippen LogP contribution in [0.15, 0.2) is 0 Å². The molecule has 0 saturated carbocycles. The molecule has 0 bridgehead atoms. The van der Waals surface area contributed by atoms with Gasteiger partial charge >= 0.3 is 0 Å². The zero-order chi connectivity index (χ0) is 16.1. The number of aliphatic hydroxyl groups is 1. The van der Waals surface area contributed by atoms with Crippen LogP contribution >= 0.6 is 0 Å². The predicted molar refractivity (Wildman–Crippen MR) is 90.2 cm³/mol. The first-order chi connectivity index (χ1) is 10.1.